The first-order valence-corrected chi connectivity index (χ1v) is 10.8. The van der Waals surface area contributed by atoms with Crippen molar-refractivity contribution in [3.63, 3.8) is 0 Å². The van der Waals surface area contributed by atoms with Gasteiger partial charge in [0.25, 0.3) is 0 Å². The van der Waals surface area contributed by atoms with Gasteiger partial charge in [0.1, 0.15) is 0 Å². The minimum atomic E-state index is -0.381. The van der Waals surface area contributed by atoms with E-state index < -0.39 is 0 Å². The Hall–Kier alpha value is 0.112. The zero-order valence-electron chi connectivity index (χ0n) is 11.5. The molecule has 5 heteroatoms. The second kappa shape index (κ2) is 11.6. The van der Waals surface area contributed by atoms with Gasteiger partial charge in [-0.25, -0.2) is 12.2 Å². The Morgan fingerprint density at radius 2 is 1.32 bits per heavy atom. The summed E-state index contributed by atoms with van der Waals surface area (Å²) in [5, 5.41) is 2.83. The van der Waals surface area contributed by atoms with Gasteiger partial charge in [-0.1, -0.05) is 74.2 Å². The molecule has 0 spiro atoms. The maximum atomic E-state index is 4.76. The van der Waals surface area contributed by atoms with Crippen LogP contribution in [0.1, 0.15) is 0 Å². The minimum Gasteiger partial charge on any atom is 0 e. The normalized spacial score (nSPS) is 15.1. The van der Waals surface area contributed by atoms with Crippen molar-refractivity contribution in [1.82, 2.24) is 0 Å². The van der Waals surface area contributed by atoms with E-state index in [-0.39, 0.29) is 41.5 Å². The van der Waals surface area contributed by atoms with Crippen molar-refractivity contribution < 1.29 is 33.6 Å². The van der Waals surface area contributed by atoms with Crippen LogP contribution in [0.25, 0.3) is 0 Å². The Morgan fingerprint density at radius 3 is 1.68 bits per heavy atom. The van der Waals surface area contributed by atoms with Crippen molar-refractivity contribution in [2.24, 2.45) is 0 Å². The standard InChI is InChI=1S/C17H14P.2ClH.Fe.Pd/c1-3-9-15(10-4-1)18(17-13-7-8-14-17)16-11-5-2-6-12-16;;;;/h1-13,17H;2*1H;;/q-1;;;+3;/p-2. The summed E-state index contributed by atoms with van der Waals surface area (Å²) < 4.78 is 0. The first-order valence-electron chi connectivity index (χ1n) is 6.37. The first kappa shape index (κ1) is 20.2. The predicted octanol–water partition coefficient (Wildman–Crippen LogP) is 4.79. The molecule has 119 valence electrons. The quantitative estimate of drug-likeness (QED) is 0.335. The number of hydrogen-bond donors (Lipinski definition) is 0. The largest absolute Gasteiger partial charge is 0 e. The summed E-state index contributed by atoms with van der Waals surface area (Å²) in [5.41, 5.74) is 0.407. The topological polar surface area (TPSA) is 0 Å². The fraction of sp³-hybridized carbons (Fsp3) is 0.0588. The number of benzene rings is 2. The molecule has 1 unspecified atom stereocenters. The van der Waals surface area contributed by atoms with Gasteiger partial charge in [0.15, 0.2) is 0 Å². The van der Waals surface area contributed by atoms with Gasteiger partial charge in [0.2, 0.25) is 0 Å². The van der Waals surface area contributed by atoms with Gasteiger partial charge in [-0.05, 0) is 10.6 Å². The summed E-state index contributed by atoms with van der Waals surface area (Å²) in [6.07, 6.45) is 9.84. The molecule has 3 rings (SSSR count). The van der Waals surface area contributed by atoms with E-state index in [1.807, 2.05) is 6.08 Å². The van der Waals surface area contributed by atoms with Gasteiger partial charge in [-0.15, -0.1) is 0 Å². The second-order valence-corrected chi connectivity index (χ2v) is 8.41. The van der Waals surface area contributed by atoms with Crippen LogP contribution in [0.5, 0.6) is 0 Å². The molecule has 0 N–H and O–H groups in total. The van der Waals surface area contributed by atoms with Gasteiger partial charge in [0, 0.05) is 20.4 Å². The second-order valence-electron chi connectivity index (χ2n) is 4.25. The molecule has 0 bridgehead atoms. The zero-order valence-corrected chi connectivity index (χ0v) is 16.5. The maximum Gasteiger partial charge on any atom is 0 e. The minimum absolute atomic E-state index is 0. The van der Waals surface area contributed by atoms with Crippen molar-refractivity contribution in [2.75, 3.05) is 0 Å². The number of hydrogen-bond acceptors (Lipinski definition) is 0. The molecule has 0 fully saturated rings. The molecule has 1 atom stereocenters. The fourth-order valence-electron chi connectivity index (χ4n) is 2.18. The summed E-state index contributed by atoms with van der Waals surface area (Å²) >= 11 is 0.194. The molecule has 0 heterocycles. The summed E-state index contributed by atoms with van der Waals surface area (Å²) in [6.45, 7) is 0. The molecule has 0 saturated carbocycles. The Morgan fingerprint density at radius 1 is 0.864 bits per heavy atom. The van der Waals surface area contributed by atoms with Gasteiger partial charge in [-0.2, -0.15) is 6.08 Å². The number of rotatable bonds is 3. The molecule has 1 aliphatic carbocycles. The van der Waals surface area contributed by atoms with E-state index in [9.17, 15) is 0 Å². The zero-order chi connectivity index (χ0) is 14.9. The van der Waals surface area contributed by atoms with Gasteiger partial charge in [-0.3, -0.25) is 6.08 Å². The summed E-state index contributed by atoms with van der Waals surface area (Å²) in [6, 6.07) is 21.5. The summed E-state index contributed by atoms with van der Waals surface area (Å²) in [7, 11) is 9.15. The smallest absolute Gasteiger partial charge is 0 e. The first-order chi connectivity index (χ1) is 10.4. The van der Waals surface area contributed by atoms with Crippen LogP contribution in [0.3, 0.4) is 0 Å². The maximum absolute atomic E-state index is 4.76. The molecule has 0 aromatic heterocycles. The third kappa shape index (κ3) is 5.96. The third-order valence-corrected chi connectivity index (χ3v) is 5.59. The molecular formula is C17H14Cl2FePPd. The van der Waals surface area contributed by atoms with Crippen molar-refractivity contribution in [2.45, 2.75) is 5.66 Å². The average Bonchev–Trinajstić information content (AvgIpc) is 3.05. The van der Waals surface area contributed by atoms with Gasteiger partial charge >= 0.3 is 33.3 Å². The van der Waals surface area contributed by atoms with Crippen LogP contribution in [-0.4, -0.2) is 5.66 Å². The molecule has 2 aromatic rings. The van der Waals surface area contributed by atoms with E-state index in [0.717, 1.165) is 0 Å². The number of halogens is 2. The molecule has 22 heavy (non-hydrogen) atoms. The Kier molecular flexibility index (Phi) is 10.6. The fourth-order valence-corrected chi connectivity index (χ4v) is 4.61. The van der Waals surface area contributed by atoms with E-state index in [0.29, 0.717) is 5.66 Å². The van der Waals surface area contributed by atoms with Crippen LogP contribution >= 0.6 is 28.1 Å². The summed E-state index contributed by atoms with van der Waals surface area (Å²) in [5.74, 6) is 0. The van der Waals surface area contributed by atoms with Crippen molar-refractivity contribution in [3.8, 4) is 0 Å². The molecule has 0 aliphatic heterocycles. The third-order valence-electron chi connectivity index (χ3n) is 3.00. The molecular weight excluding hydrogens is 468 g/mol. The van der Waals surface area contributed by atoms with Crippen molar-refractivity contribution in [3.05, 3.63) is 85.0 Å². The van der Waals surface area contributed by atoms with Crippen LogP contribution in [-0.2, 0) is 33.6 Å². The van der Waals surface area contributed by atoms with Crippen LogP contribution in [0.15, 0.2) is 78.9 Å². The average molecular weight is 482 g/mol. The predicted molar refractivity (Wildman–Crippen MR) is 91.5 cm³/mol. The van der Waals surface area contributed by atoms with Gasteiger partial charge < -0.3 is 0 Å². The molecule has 2 aromatic carbocycles. The van der Waals surface area contributed by atoms with E-state index in [1.54, 1.807) is 0 Å². The van der Waals surface area contributed by atoms with Crippen LogP contribution in [0.2, 0.25) is 0 Å². The van der Waals surface area contributed by atoms with Crippen molar-refractivity contribution in [1.29, 1.82) is 0 Å². The van der Waals surface area contributed by atoms with Crippen molar-refractivity contribution >= 4 is 38.7 Å². The summed E-state index contributed by atoms with van der Waals surface area (Å²) in [4.78, 5) is 0. The molecule has 0 saturated heterocycles. The van der Waals surface area contributed by atoms with Crippen LogP contribution in [0.4, 0.5) is 0 Å². The SMILES string of the molecule is [C-]1=CC=CC1P(c1ccccc1)c1ccccc1.[Cl][Fe+][Cl].[Pd]. The van der Waals surface area contributed by atoms with E-state index in [2.05, 4.69) is 78.9 Å². The van der Waals surface area contributed by atoms with E-state index >= 15 is 0 Å². The Labute approximate surface area is 162 Å². The molecule has 0 radical (unpaired) electrons. The van der Waals surface area contributed by atoms with E-state index in [1.165, 1.54) is 10.6 Å². The van der Waals surface area contributed by atoms with Gasteiger partial charge in [0.05, 0.1) is 0 Å². The van der Waals surface area contributed by atoms with Crippen LogP contribution < -0.4 is 10.6 Å². The monoisotopic (exact) mass is 481 g/mol. The molecule has 0 nitrogen and oxygen atoms in total. The molecule has 0 amide bonds. The van der Waals surface area contributed by atoms with Crippen LogP contribution in [0, 0.1) is 6.08 Å². The van der Waals surface area contributed by atoms with E-state index in [4.69, 9.17) is 20.2 Å². The number of allylic oxidation sites excluding steroid dienone is 4. The molecule has 1 aliphatic rings. The Balaban J connectivity index is 0.000000562. The Bertz CT molecular complexity index is 539.